The van der Waals surface area contributed by atoms with Crippen molar-refractivity contribution in [2.24, 2.45) is 5.73 Å². The number of hydrogen-bond donors (Lipinski definition) is 2. The van der Waals surface area contributed by atoms with Crippen LogP contribution < -0.4 is 10.5 Å². The summed E-state index contributed by atoms with van der Waals surface area (Å²) in [6, 6.07) is 1.41. The second kappa shape index (κ2) is 7.74. The van der Waals surface area contributed by atoms with E-state index in [-0.39, 0.29) is 28.7 Å². The van der Waals surface area contributed by atoms with Crippen LogP contribution in [0.4, 0.5) is 0 Å². The predicted molar refractivity (Wildman–Crippen MR) is 88.1 cm³/mol. The molecule has 6 nitrogen and oxygen atoms in total. The fourth-order valence-corrected chi connectivity index (χ4v) is 4.97. The Hall–Kier alpha value is -0.670. The van der Waals surface area contributed by atoms with Crippen LogP contribution in [0.15, 0.2) is 16.3 Å². The quantitative estimate of drug-likeness (QED) is 0.773. The largest absolute Gasteiger partial charge is 0.465 e. The Kier molecular flexibility index (Phi) is 6.82. The van der Waals surface area contributed by atoms with Gasteiger partial charge in [-0.25, -0.2) is 17.9 Å². The maximum absolute atomic E-state index is 12.4. The molecule has 0 spiro atoms. The van der Waals surface area contributed by atoms with Crippen molar-refractivity contribution in [3.05, 3.63) is 16.3 Å². The van der Waals surface area contributed by atoms with Crippen LogP contribution in [0.5, 0.6) is 0 Å². The monoisotopic (exact) mass is 368 g/mol. The number of carbonyl (C=O) groups is 1. The molecule has 0 saturated heterocycles. The highest BCUT2D eigenvalue weighted by atomic mass is 35.5. The van der Waals surface area contributed by atoms with Gasteiger partial charge >= 0.3 is 5.97 Å². The second-order valence-electron chi connectivity index (χ2n) is 5.35. The number of carbonyl (C=O) groups excluding carboxylic acids is 1. The lowest BCUT2D eigenvalue weighted by molar-refractivity contribution is 0.0602. The summed E-state index contributed by atoms with van der Waals surface area (Å²) in [6.07, 6.45) is 4.79. The van der Waals surface area contributed by atoms with E-state index in [1.54, 1.807) is 5.38 Å². The topological polar surface area (TPSA) is 98.5 Å². The van der Waals surface area contributed by atoms with E-state index in [1.807, 2.05) is 0 Å². The average Bonchev–Trinajstić information content (AvgIpc) is 2.96. The average molecular weight is 369 g/mol. The Morgan fingerprint density at radius 1 is 1.41 bits per heavy atom. The Balaban J connectivity index is 0.00000242. The Labute approximate surface area is 140 Å². The van der Waals surface area contributed by atoms with Crippen LogP contribution in [0.1, 0.15) is 41.8 Å². The summed E-state index contributed by atoms with van der Waals surface area (Å²) >= 11 is 1.04. The molecule has 22 heavy (non-hydrogen) atoms. The number of hydrogen-bond acceptors (Lipinski definition) is 6. The molecule has 0 unspecified atom stereocenters. The minimum absolute atomic E-state index is 0. The molecule has 1 aromatic heterocycles. The standard InChI is InChI=1S/C13H20N2O4S2.ClH/c1-19-12(16)11-10(5-8-20-11)21(17,18)15-9-13(14)6-3-2-4-7-13;/h5,8,15H,2-4,6-7,9,14H2,1H3;1H. The molecular weight excluding hydrogens is 348 g/mol. The van der Waals surface area contributed by atoms with Crippen LogP contribution in [0.25, 0.3) is 0 Å². The smallest absolute Gasteiger partial charge is 0.349 e. The summed E-state index contributed by atoms with van der Waals surface area (Å²) in [7, 11) is -2.54. The fourth-order valence-electron chi connectivity index (χ4n) is 2.50. The van der Waals surface area contributed by atoms with Crippen molar-refractivity contribution in [3.8, 4) is 0 Å². The third kappa shape index (κ3) is 4.42. The van der Waals surface area contributed by atoms with Crippen LogP contribution in [0.3, 0.4) is 0 Å². The highest BCUT2D eigenvalue weighted by molar-refractivity contribution is 7.89. The Morgan fingerprint density at radius 2 is 2.05 bits per heavy atom. The number of ether oxygens (including phenoxy) is 1. The van der Waals surface area contributed by atoms with Gasteiger partial charge in [-0.3, -0.25) is 0 Å². The first kappa shape index (κ1) is 19.4. The van der Waals surface area contributed by atoms with Gasteiger partial charge in [0, 0.05) is 12.1 Å². The second-order valence-corrected chi connectivity index (χ2v) is 8.00. The van der Waals surface area contributed by atoms with Crippen molar-refractivity contribution < 1.29 is 17.9 Å². The number of sulfonamides is 1. The molecule has 1 aliphatic rings. The van der Waals surface area contributed by atoms with E-state index in [4.69, 9.17) is 5.73 Å². The summed E-state index contributed by atoms with van der Waals surface area (Å²) in [5.41, 5.74) is 5.73. The van der Waals surface area contributed by atoms with Gasteiger partial charge in [-0.05, 0) is 24.3 Å². The molecule has 1 aromatic rings. The summed E-state index contributed by atoms with van der Waals surface area (Å²) in [5, 5.41) is 1.56. The third-order valence-electron chi connectivity index (χ3n) is 3.75. The minimum atomic E-state index is -3.76. The Morgan fingerprint density at radius 3 is 2.64 bits per heavy atom. The summed E-state index contributed by atoms with van der Waals surface area (Å²) in [5.74, 6) is -0.648. The van der Waals surface area contributed by atoms with Gasteiger partial charge in [-0.15, -0.1) is 23.7 Å². The van der Waals surface area contributed by atoms with E-state index in [0.29, 0.717) is 0 Å². The molecule has 9 heteroatoms. The number of rotatable bonds is 5. The van der Waals surface area contributed by atoms with Crippen LogP contribution in [0, 0.1) is 0 Å². The molecule has 2 rings (SSSR count). The molecule has 3 N–H and O–H groups in total. The SMILES string of the molecule is COC(=O)c1sccc1S(=O)(=O)NCC1(N)CCCCC1.Cl. The van der Waals surface area contributed by atoms with Crippen molar-refractivity contribution in [3.63, 3.8) is 0 Å². The fraction of sp³-hybridized carbons (Fsp3) is 0.615. The van der Waals surface area contributed by atoms with E-state index in [0.717, 1.165) is 43.4 Å². The molecule has 0 aliphatic heterocycles. The zero-order chi connectivity index (χ0) is 15.5. The molecule has 0 atom stereocenters. The van der Waals surface area contributed by atoms with Gasteiger partial charge < -0.3 is 10.5 Å². The van der Waals surface area contributed by atoms with E-state index in [1.165, 1.54) is 13.2 Å². The minimum Gasteiger partial charge on any atom is -0.465 e. The van der Waals surface area contributed by atoms with E-state index >= 15 is 0 Å². The van der Waals surface area contributed by atoms with Crippen LogP contribution in [-0.2, 0) is 14.8 Å². The summed E-state index contributed by atoms with van der Waals surface area (Å²) in [6.45, 7) is 0.186. The van der Waals surface area contributed by atoms with Crippen LogP contribution in [0.2, 0.25) is 0 Å². The molecule has 1 fully saturated rings. The molecule has 1 saturated carbocycles. The lowest BCUT2D eigenvalue weighted by atomic mass is 9.83. The first-order valence-corrected chi connectivity index (χ1v) is 9.19. The molecule has 1 aliphatic carbocycles. The third-order valence-corrected chi connectivity index (χ3v) is 6.22. The molecule has 1 heterocycles. The number of nitrogens with two attached hydrogens (primary N) is 1. The molecule has 126 valence electrons. The van der Waals surface area contributed by atoms with E-state index < -0.39 is 21.5 Å². The first-order chi connectivity index (χ1) is 9.88. The molecular formula is C13H21ClN2O4S2. The van der Waals surface area contributed by atoms with Gasteiger partial charge in [0.25, 0.3) is 0 Å². The van der Waals surface area contributed by atoms with E-state index in [9.17, 15) is 13.2 Å². The Bertz CT molecular complexity index is 609. The van der Waals surface area contributed by atoms with Gasteiger partial charge in [0.2, 0.25) is 10.0 Å². The maximum Gasteiger partial charge on any atom is 0.349 e. The van der Waals surface area contributed by atoms with Crippen molar-refractivity contribution in [1.29, 1.82) is 0 Å². The van der Waals surface area contributed by atoms with Gasteiger partial charge in [0.1, 0.15) is 9.77 Å². The highest BCUT2D eigenvalue weighted by Gasteiger charge is 2.31. The zero-order valence-electron chi connectivity index (χ0n) is 12.3. The van der Waals surface area contributed by atoms with Gasteiger partial charge in [0.05, 0.1) is 7.11 Å². The van der Waals surface area contributed by atoms with Crippen molar-refractivity contribution >= 4 is 39.7 Å². The van der Waals surface area contributed by atoms with Crippen molar-refractivity contribution in [2.45, 2.75) is 42.5 Å². The maximum atomic E-state index is 12.4. The zero-order valence-corrected chi connectivity index (χ0v) is 14.8. The van der Waals surface area contributed by atoms with Gasteiger partial charge in [-0.2, -0.15) is 0 Å². The number of halogens is 1. The summed E-state index contributed by atoms with van der Waals surface area (Å²) in [4.78, 5) is 11.6. The van der Waals surface area contributed by atoms with E-state index in [2.05, 4.69) is 9.46 Å². The lowest BCUT2D eigenvalue weighted by Gasteiger charge is -2.33. The summed E-state index contributed by atoms with van der Waals surface area (Å²) < 4.78 is 31.8. The van der Waals surface area contributed by atoms with Gasteiger partial charge in [0.15, 0.2) is 0 Å². The predicted octanol–water partition coefficient (Wildman–Crippen LogP) is 1.90. The number of esters is 1. The molecule has 0 radical (unpaired) electrons. The number of thiophene rings is 1. The first-order valence-electron chi connectivity index (χ1n) is 6.82. The molecule has 0 aromatic carbocycles. The highest BCUT2D eigenvalue weighted by Crippen LogP contribution is 2.27. The van der Waals surface area contributed by atoms with Crippen LogP contribution >= 0.6 is 23.7 Å². The van der Waals surface area contributed by atoms with Crippen molar-refractivity contribution in [1.82, 2.24) is 4.72 Å². The molecule has 0 bridgehead atoms. The van der Waals surface area contributed by atoms with Crippen molar-refractivity contribution in [2.75, 3.05) is 13.7 Å². The van der Waals surface area contributed by atoms with Gasteiger partial charge in [-0.1, -0.05) is 19.3 Å². The lowest BCUT2D eigenvalue weighted by Crippen LogP contribution is -2.51. The number of methoxy groups -OCH3 is 1. The molecule has 0 amide bonds. The normalized spacial score (nSPS) is 17.5. The van der Waals surface area contributed by atoms with Crippen LogP contribution in [-0.4, -0.2) is 33.6 Å². The number of nitrogens with one attached hydrogen (secondary N) is 1.